The fourth-order valence-electron chi connectivity index (χ4n) is 2.40. The van der Waals surface area contributed by atoms with Crippen LogP contribution in [0.2, 0.25) is 10.0 Å². The summed E-state index contributed by atoms with van der Waals surface area (Å²) in [7, 11) is -7.56. The predicted molar refractivity (Wildman–Crippen MR) is 114 cm³/mol. The normalized spacial score (nSPS) is 11.8. The fraction of sp³-hybridized carbons (Fsp3) is 0.0556. The third-order valence-electron chi connectivity index (χ3n) is 3.69. The highest BCUT2D eigenvalue weighted by Crippen LogP contribution is 2.24. The summed E-state index contributed by atoms with van der Waals surface area (Å²) in [6.45, 7) is 0. The van der Waals surface area contributed by atoms with Crippen molar-refractivity contribution < 1.29 is 16.8 Å². The van der Waals surface area contributed by atoms with Gasteiger partial charge in [-0.2, -0.15) is 0 Å². The van der Waals surface area contributed by atoms with Gasteiger partial charge in [0.2, 0.25) is 10.0 Å². The smallest absolute Gasteiger partial charge is 0.261 e. The second-order valence-corrected chi connectivity index (χ2v) is 10.2. The van der Waals surface area contributed by atoms with Crippen LogP contribution in [0.3, 0.4) is 0 Å². The van der Waals surface area contributed by atoms with Gasteiger partial charge in [0.25, 0.3) is 10.0 Å². The summed E-state index contributed by atoms with van der Waals surface area (Å²) >= 11 is 11.7. The minimum atomic E-state index is -3.83. The molecule has 2 aromatic carbocycles. The van der Waals surface area contributed by atoms with Gasteiger partial charge < -0.3 is 0 Å². The number of halogens is 2. The molecule has 11 heteroatoms. The van der Waals surface area contributed by atoms with E-state index in [-0.39, 0.29) is 21.4 Å². The Morgan fingerprint density at radius 3 is 2.17 bits per heavy atom. The number of benzene rings is 2. The van der Waals surface area contributed by atoms with Gasteiger partial charge in [0.1, 0.15) is 0 Å². The molecule has 0 saturated carbocycles. The number of hydrogen-bond donors (Lipinski definition) is 2. The topological polar surface area (TPSA) is 105 Å². The van der Waals surface area contributed by atoms with Crippen LogP contribution >= 0.6 is 23.2 Å². The first-order valence-electron chi connectivity index (χ1n) is 8.12. The molecule has 0 unspecified atom stereocenters. The Hall–Kier alpha value is -2.33. The zero-order chi connectivity index (χ0) is 21.1. The highest BCUT2D eigenvalue weighted by atomic mass is 35.5. The van der Waals surface area contributed by atoms with Crippen molar-refractivity contribution in [1.29, 1.82) is 0 Å². The zero-order valence-corrected chi connectivity index (χ0v) is 17.9. The Morgan fingerprint density at radius 2 is 1.55 bits per heavy atom. The molecule has 0 spiro atoms. The summed E-state index contributed by atoms with van der Waals surface area (Å²) in [6, 6.07) is 13.1. The van der Waals surface area contributed by atoms with Gasteiger partial charge in [0.05, 0.1) is 32.6 Å². The van der Waals surface area contributed by atoms with Gasteiger partial charge in [-0.1, -0.05) is 29.3 Å². The van der Waals surface area contributed by atoms with Crippen molar-refractivity contribution in [2.24, 2.45) is 0 Å². The molecule has 3 rings (SSSR count). The van der Waals surface area contributed by atoms with Crippen molar-refractivity contribution >= 4 is 54.6 Å². The van der Waals surface area contributed by atoms with E-state index in [0.29, 0.717) is 16.3 Å². The first-order valence-corrected chi connectivity index (χ1v) is 12.0. The molecule has 0 bridgehead atoms. The van der Waals surface area contributed by atoms with Crippen LogP contribution in [0.4, 0.5) is 11.4 Å². The maximum Gasteiger partial charge on any atom is 0.261 e. The molecule has 1 aromatic heterocycles. The molecule has 1 heterocycles. The van der Waals surface area contributed by atoms with Crippen molar-refractivity contribution in [3.63, 3.8) is 0 Å². The molecule has 0 fully saturated rings. The summed E-state index contributed by atoms with van der Waals surface area (Å²) in [4.78, 5) is 3.82. The number of hydrogen-bond acceptors (Lipinski definition) is 5. The molecule has 0 saturated heterocycles. The number of aromatic nitrogens is 1. The van der Waals surface area contributed by atoms with E-state index in [1.807, 2.05) is 0 Å². The van der Waals surface area contributed by atoms with Crippen LogP contribution in [-0.2, 0) is 25.8 Å². The number of rotatable bonds is 7. The molecule has 152 valence electrons. The Labute approximate surface area is 178 Å². The average molecular weight is 472 g/mol. The van der Waals surface area contributed by atoms with Crippen LogP contribution in [-0.4, -0.2) is 21.8 Å². The lowest BCUT2D eigenvalue weighted by molar-refractivity contribution is 0.599. The molecule has 7 nitrogen and oxygen atoms in total. The van der Waals surface area contributed by atoms with Crippen molar-refractivity contribution in [2.75, 3.05) is 9.44 Å². The Balaban J connectivity index is 1.71. The van der Waals surface area contributed by atoms with Crippen LogP contribution in [0.25, 0.3) is 0 Å². The van der Waals surface area contributed by atoms with E-state index in [1.54, 1.807) is 18.2 Å². The Bertz CT molecular complexity index is 1220. The minimum Gasteiger partial charge on any atom is -0.283 e. The molecule has 0 aliphatic heterocycles. The van der Waals surface area contributed by atoms with Gasteiger partial charge in [-0.25, -0.2) is 16.8 Å². The van der Waals surface area contributed by atoms with Crippen LogP contribution in [0.5, 0.6) is 0 Å². The highest BCUT2D eigenvalue weighted by molar-refractivity contribution is 7.92. The van der Waals surface area contributed by atoms with Crippen molar-refractivity contribution in [1.82, 2.24) is 4.98 Å². The first kappa shape index (κ1) is 21.4. The van der Waals surface area contributed by atoms with E-state index in [0.717, 1.165) is 0 Å². The molecule has 3 aromatic rings. The van der Waals surface area contributed by atoms with Crippen LogP contribution in [0.1, 0.15) is 5.56 Å². The van der Waals surface area contributed by atoms with Crippen LogP contribution < -0.4 is 9.44 Å². The standard InChI is InChI=1S/C18H15Cl2N3O4S2/c19-17-8-3-13(10-18(17)20)12-28(24,25)22-14-4-6-16(7-5-14)29(26,27)23-15-2-1-9-21-11-15/h1-11,22-23H,12H2. The Kier molecular flexibility index (Phi) is 6.33. The van der Waals surface area contributed by atoms with Crippen molar-refractivity contribution in [2.45, 2.75) is 10.6 Å². The van der Waals surface area contributed by atoms with Gasteiger partial charge in [0, 0.05) is 11.9 Å². The predicted octanol–water partition coefficient (Wildman–Crippen LogP) is 4.13. The molecular weight excluding hydrogens is 457 g/mol. The lowest BCUT2D eigenvalue weighted by atomic mass is 10.2. The number of nitrogens with zero attached hydrogens (tertiary/aromatic N) is 1. The van der Waals surface area contributed by atoms with Crippen LogP contribution in [0.15, 0.2) is 71.9 Å². The van der Waals surface area contributed by atoms with E-state index in [1.165, 1.54) is 48.8 Å². The molecule has 2 N–H and O–H groups in total. The van der Waals surface area contributed by atoms with Gasteiger partial charge in [-0.15, -0.1) is 0 Å². The average Bonchev–Trinajstić information content (AvgIpc) is 2.65. The second kappa shape index (κ2) is 8.58. The van der Waals surface area contributed by atoms with Crippen molar-refractivity contribution in [3.05, 3.63) is 82.6 Å². The van der Waals surface area contributed by atoms with Gasteiger partial charge >= 0.3 is 0 Å². The lowest BCUT2D eigenvalue weighted by Crippen LogP contribution is -2.16. The van der Waals surface area contributed by atoms with E-state index >= 15 is 0 Å². The summed E-state index contributed by atoms with van der Waals surface area (Å²) in [5.74, 6) is -0.313. The molecule has 29 heavy (non-hydrogen) atoms. The van der Waals surface area contributed by atoms with Gasteiger partial charge in [0.15, 0.2) is 0 Å². The van der Waals surface area contributed by atoms with E-state index in [9.17, 15) is 16.8 Å². The maximum absolute atomic E-state index is 12.4. The fourth-order valence-corrected chi connectivity index (χ4v) is 4.95. The quantitative estimate of drug-likeness (QED) is 0.538. The SMILES string of the molecule is O=S(=O)(Cc1ccc(Cl)c(Cl)c1)Nc1ccc(S(=O)(=O)Nc2cccnc2)cc1. The maximum atomic E-state index is 12.4. The molecule has 0 amide bonds. The molecule has 0 aliphatic carbocycles. The van der Waals surface area contributed by atoms with E-state index < -0.39 is 20.0 Å². The van der Waals surface area contributed by atoms with Gasteiger partial charge in [-0.3, -0.25) is 14.4 Å². The highest BCUT2D eigenvalue weighted by Gasteiger charge is 2.16. The number of pyridine rings is 1. The first-order chi connectivity index (χ1) is 13.6. The summed E-state index contributed by atoms with van der Waals surface area (Å²) in [5.41, 5.74) is 1.01. The second-order valence-electron chi connectivity index (χ2n) is 5.98. The van der Waals surface area contributed by atoms with Crippen molar-refractivity contribution in [3.8, 4) is 0 Å². The van der Waals surface area contributed by atoms with Gasteiger partial charge in [-0.05, 0) is 54.1 Å². The summed E-state index contributed by atoms with van der Waals surface area (Å²) < 4.78 is 54.3. The molecule has 0 radical (unpaired) electrons. The third-order valence-corrected chi connectivity index (χ3v) is 7.09. The molecular formula is C18H15Cl2N3O4S2. The van der Waals surface area contributed by atoms with E-state index in [4.69, 9.17) is 23.2 Å². The summed E-state index contributed by atoms with van der Waals surface area (Å²) in [5, 5.41) is 0.590. The van der Waals surface area contributed by atoms with Crippen LogP contribution in [0, 0.1) is 0 Å². The number of nitrogens with one attached hydrogen (secondary N) is 2. The van der Waals surface area contributed by atoms with E-state index in [2.05, 4.69) is 14.4 Å². The number of sulfonamides is 2. The zero-order valence-electron chi connectivity index (χ0n) is 14.7. The monoisotopic (exact) mass is 471 g/mol. The third kappa shape index (κ3) is 5.83. The molecule has 0 aliphatic rings. The number of anilines is 2. The lowest BCUT2D eigenvalue weighted by Gasteiger charge is -2.11. The summed E-state index contributed by atoms with van der Waals surface area (Å²) in [6.07, 6.45) is 2.90. The largest absolute Gasteiger partial charge is 0.283 e. The molecule has 0 atom stereocenters. The minimum absolute atomic E-state index is 0.0196. The Morgan fingerprint density at radius 1 is 0.828 bits per heavy atom.